The first kappa shape index (κ1) is 25.0. The van der Waals surface area contributed by atoms with Gasteiger partial charge in [-0.3, -0.25) is 0 Å². The van der Waals surface area contributed by atoms with Gasteiger partial charge < -0.3 is 18.9 Å². The summed E-state index contributed by atoms with van der Waals surface area (Å²) in [7, 11) is 0. The van der Waals surface area contributed by atoms with Crippen molar-refractivity contribution in [3.8, 4) is 17.4 Å². The summed E-state index contributed by atoms with van der Waals surface area (Å²) in [6, 6.07) is 18.0. The fourth-order valence-corrected chi connectivity index (χ4v) is 4.49. The van der Waals surface area contributed by atoms with Gasteiger partial charge in [-0.25, -0.2) is 14.4 Å². The molecule has 0 unspecified atom stereocenters. The Kier molecular flexibility index (Phi) is 8.11. The summed E-state index contributed by atoms with van der Waals surface area (Å²) in [5, 5.41) is 0.634. The second-order valence-corrected chi connectivity index (χ2v) is 9.26. The fourth-order valence-electron chi connectivity index (χ4n) is 4.49. The average Bonchev–Trinajstić information content (AvgIpc) is 2.93. The number of nitrogens with zero attached hydrogens (tertiary/aromatic N) is 2. The molecule has 1 saturated heterocycles. The summed E-state index contributed by atoms with van der Waals surface area (Å²) in [5.41, 5.74) is 3.18. The van der Waals surface area contributed by atoms with Crippen LogP contribution in [-0.4, -0.2) is 29.8 Å². The van der Waals surface area contributed by atoms with E-state index in [1.165, 1.54) is 12.1 Å². The molecule has 0 N–H and O–H groups in total. The SMILES string of the molecule is Cc1c(COc2cc(OCCC3CCOCC3)ccn2)nc2ccc(F)cc2c1OCc1ccccc1. The third kappa shape index (κ3) is 6.54. The van der Waals surface area contributed by atoms with Crippen LogP contribution in [0.3, 0.4) is 0 Å². The van der Waals surface area contributed by atoms with Crippen molar-refractivity contribution in [3.05, 3.63) is 89.5 Å². The number of aromatic nitrogens is 2. The van der Waals surface area contributed by atoms with E-state index in [2.05, 4.69) is 4.98 Å². The summed E-state index contributed by atoms with van der Waals surface area (Å²) in [6.45, 7) is 4.81. The first-order chi connectivity index (χ1) is 18.2. The second-order valence-electron chi connectivity index (χ2n) is 9.26. The number of ether oxygens (including phenoxy) is 4. The molecular formula is C30H31FN2O4. The minimum atomic E-state index is -0.333. The van der Waals surface area contributed by atoms with Gasteiger partial charge in [-0.2, -0.15) is 0 Å². The Labute approximate surface area is 216 Å². The molecule has 2 aromatic heterocycles. The molecule has 0 amide bonds. The van der Waals surface area contributed by atoms with Crippen molar-refractivity contribution in [2.24, 2.45) is 5.92 Å². The van der Waals surface area contributed by atoms with Crippen molar-refractivity contribution < 1.29 is 23.3 Å². The van der Waals surface area contributed by atoms with Gasteiger partial charge in [0.2, 0.25) is 5.88 Å². The molecule has 1 aliphatic heterocycles. The van der Waals surface area contributed by atoms with E-state index in [1.54, 1.807) is 18.3 Å². The molecule has 6 nitrogen and oxygen atoms in total. The molecule has 37 heavy (non-hydrogen) atoms. The van der Waals surface area contributed by atoms with Crippen molar-refractivity contribution in [1.82, 2.24) is 9.97 Å². The highest BCUT2D eigenvalue weighted by Crippen LogP contribution is 2.32. The molecule has 1 aliphatic rings. The summed E-state index contributed by atoms with van der Waals surface area (Å²) < 4.78 is 37.7. The normalized spacial score (nSPS) is 14.0. The van der Waals surface area contributed by atoms with Crippen molar-refractivity contribution in [3.63, 3.8) is 0 Å². The molecule has 0 radical (unpaired) electrons. The fraction of sp³-hybridized carbons (Fsp3) is 0.333. The van der Waals surface area contributed by atoms with E-state index in [1.807, 2.05) is 43.3 Å². The molecule has 0 atom stereocenters. The van der Waals surface area contributed by atoms with Crippen LogP contribution in [0, 0.1) is 18.7 Å². The third-order valence-electron chi connectivity index (χ3n) is 6.66. The zero-order valence-electron chi connectivity index (χ0n) is 21.0. The van der Waals surface area contributed by atoms with E-state index >= 15 is 0 Å². The van der Waals surface area contributed by atoms with Crippen LogP contribution in [0.2, 0.25) is 0 Å². The minimum absolute atomic E-state index is 0.194. The Morgan fingerprint density at radius 2 is 1.78 bits per heavy atom. The van der Waals surface area contributed by atoms with E-state index in [4.69, 9.17) is 23.9 Å². The van der Waals surface area contributed by atoms with Gasteiger partial charge in [0.15, 0.2) is 0 Å². The van der Waals surface area contributed by atoms with E-state index in [0.29, 0.717) is 47.4 Å². The van der Waals surface area contributed by atoms with Crippen molar-refractivity contribution in [2.75, 3.05) is 19.8 Å². The Bertz CT molecular complexity index is 1330. The molecule has 0 aliphatic carbocycles. The van der Waals surface area contributed by atoms with Crippen LogP contribution < -0.4 is 14.2 Å². The van der Waals surface area contributed by atoms with Crippen LogP contribution in [0.4, 0.5) is 4.39 Å². The molecule has 1 fully saturated rings. The first-order valence-electron chi connectivity index (χ1n) is 12.7. The molecule has 3 heterocycles. The van der Waals surface area contributed by atoms with Gasteiger partial charge >= 0.3 is 0 Å². The van der Waals surface area contributed by atoms with E-state index in [-0.39, 0.29) is 12.4 Å². The molecular weight excluding hydrogens is 471 g/mol. The smallest absolute Gasteiger partial charge is 0.217 e. The van der Waals surface area contributed by atoms with Crippen molar-refractivity contribution in [1.29, 1.82) is 0 Å². The van der Waals surface area contributed by atoms with Gasteiger partial charge in [-0.1, -0.05) is 30.3 Å². The number of hydrogen-bond acceptors (Lipinski definition) is 6. The molecule has 7 heteroatoms. The van der Waals surface area contributed by atoms with Gasteiger partial charge in [0.25, 0.3) is 0 Å². The van der Waals surface area contributed by atoms with Crippen molar-refractivity contribution >= 4 is 10.9 Å². The highest BCUT2D eigenvalue weighted by Gasteiger charge is 2.16. The van der Waals surface area contributed by atoms with Crippen LogP contribution in [-0.2, 0) is 18.0 Å². The number of benzene rings is 2. The zero-order chi connectivity index (χ0) is 25.5. The summed E-state index contributed by atoms with van der Waals surface area (Å²) in [4.78, 5) is 9.06. The maximum Gasteiger partial charge on any atom is 0.217 e. The predicted octanol–water partition coefficient (Wildman–Crippen LogP) is 6.43. The largest absolute Gasteiger partial charge is 0.493 e. The molecule has 5 rings (SSSR count). The van der Waals surface area contributed by atoms with Crippen LogP contribution in [0.1, 0.15) is 36.1 Å². The van der Waals surface area contributed by atoms with Gasteiger partial charge in [0, 0.05) is 36.4 Å². The Balaban J connectivity index is 1.28. The number of fused-ring (bicyclic) bond motifs is 1. The maximum absolute atomic E-state index is 14.1. The minimum Gasteiger partial charge on any atom is -0.493 e. The quantitative estimate of drug-likeness (QED) is 0.249. The Hall–Kier alpha value is -3.71. The number of rotatable bonds is 10. The van der Waals surface area contributed by atoms with Gasteiger partial charge in [-0.05, 0) is 61.9 Å². The Morgan fingerprint density at radius 1 is 0.946 bits per heavy atom. The third-order valence-corrected chi connectivity index (χ3v) is 6.66. The number of pyridine rings is 2. The van der Waals surface area contributed by atoms with Crippen molar-refractivity contribution in [2.45, 2.75) is 39.4 Å². The number of hydrogen-bond donors (Lipinski definition) is 0. The standard InChI is InChI=1S/C30H31FN2O4/c1-21-28(20-36-29-18-25(9-13-32-29)35-16-12-22-10-14-34-15-11-22)33-27-8-7-24(31)17-26(27)30(21)37-19-23-5-3-2-4-6-23/h2-9,13,17-18,22H,10-12,14-16,19-20H2,1H3. The average molecular weight is 503 g/mol. The maximum atomic E-state index is 14.1. The highest BCUT2D eigenvalue weighted by atomic mass is 19.1. The lowest BCUT2D eigenvalue weighted by Gasteiger charge is -2.21. The lowest BCUT2D eigenvalue weighted by Crippen LogP contribution is -2.17. The Morgan fingerprint density at radius 3 is 2.62 bits per heavy atom. The summed E-state index contributed by atoms with van der Waals surface area (Å²) in [6.07, 6.45) is 4.87. The number of halogens is 1. The van der Waals surface area contributed by atoms with E-state index in [0.717, 1.165) is 49.4 Å². The van der Waals surface area contributed by atoms with Gasteiger partial charge in [0.1, 0.15) is 30.5 Å². The molecule has 0 bridgehead atoms. The highest BCUT2D eigenvalue weighted by molar-refractivity contribution is 5.86. The zero-order valence-corrected chi connectivity index (χ0v) is 21.0. The summed E-state index contributed by atoms with van der Waals surface area (Å²) in [5.74, 6) is 2.10. The lowest BCUT2D eigenvalue weighted by atomic mass is 9.97. The topological polar surface area (TPSA) is 62.7 Å². The monoisotopic (exact) mass is 502 g/mol. The van der Waals surface area contributed by atoms with Crippen LogP contribution in [0.25, 0.3) is 10.9 Å². The lowest BCUT2D eigenvalue weighted by molar-refractivity contribution is 0.0593. The van der Waals surface area contributed by atoms with E-state index in [9.17, 15) is 4.39 Å². The molecule has 0 saturated carbocycles. The van der Waals surface area contributed by atoms with Crippen LogP contribution in [0.15, 0.2) is 66.9 Å². The molecule has 4 aromatic rings. The second kappa shape index (κ2) is 12.0. The van der Waals surface area contributed by atoms with Gasteiger partial charge in [0.05, 0.1) is 17.8 Å². The molecule has 0 spiro atoms. The van der Waals surface area contributed by atoms with Crippen LogP contribution >= 0.6 is 0 Å². The van der Waals surface area contributed by atoms with Gasteiger partial charge in [-0.15, -0.1) is 0 Å². The first-order valence-corrected chi connectivity index (χ1v) is 12.7. The molecule has 192 valence electrons. The predicted molar refractivity (Wildman–Crippen MR) is 139 cm³/mol. The summed E-state index contributed by atoms with van der Waals surface area (Å²) >= 11 is 0. The van der Waals surface area contributed by atoms with Crippen LogP contribution in [0.5, 0.6) is 17.4 Å². The molecule has 2 aromatic carbocycles. The van der Waals surface area contributed by atoms with E-state index < -0.39 is 0 Å².